The van der Waals surface area contributed by atoms with Gasteiger partial charge in [-0.2, -0.15) is 5.10 Å². The number of aromatic nitrogens is 2. The summed E-state index contributed by atoms with van der Waals surface area (Å²) in [5.74, 6) is 2.07. The summed E-state index contributed by atoms with van der Waals surface area (Å²) >= 11 is 0. The monoisotopic (exact) mass is 449 g/mol. The Morgan fingerprint density at radius 1 is 1.06 bits per heavy atom. The maximum absolute atomic E-state index is 13.2. The molecule has 0 radical (unpaired) electrons. The summed E-state index contributed by atoms with van der Waals surface area (Å²) in [6.07, 6.45) is 3.02. The molecule has 0 N–H and O–H groups in total. The van der Waals surface area contributed by atoms with Gasteiger partial charge in [-0.15, -0.1) is 0 Å². The molecule has 4 rings (SSSR count). The number of benzene rings is 2. The van der Waals surface area contributed by atoms with Crippen LogP contribution < -0.4 is 9.47 Å². The largest absolute Gasteiger partial charge is 0.493 e. The number of hydrogen-bond donors (Lipinski definition) is 0. The van der Waals surface area contributed by atoms with E-state index in [9.17, 15) is 4.79 Å². The number of amides is 1. The van der Waals surface area contributed by atoms with E-state index in [1.165, 1.54) is 0 Å². The summed E-state index contributed by atoms with van der Waals surface area (Å²) in [4.78, 5) is 15.1. The maximum Gasteiger partial charge on any atom is 0.228 e. The lowest BCUT2D eigenvalue weighted by molar-refractivity contribution is -0.139. The van der Waals surface area contributed by atoms with Gasteiger partial charge in [0.25, 0.3) is 0 Å². The Labute approximate surface area is 194 Å². The predicted octanol–water partition coefficient (Wildman–Crippen LogP) is 4.76. The van der Waals surface area contributed by atoms with Crippen LogP contribution in [0.15, 0.2) is 54.6 Å². The van der Waals surface area contributed by atoms with Gasteiger partial charge in [-0.25, -0.2) is 4.68 Å². The minimum Gasteiger partial charge on any atom is -0.493 e. The first kappa shape index (κ1) is 22.9. The Morgan fingerprint density at radius 2 is 1.76 bits per heavy atom. The van der Waals surface area contributed by atoms with E-state index in [4.69, 9.17) is 19.3 Å². The number of methoxy groups -OCH3 is 2. The summed E-state index contributed by atoms with van der Waals surface area (Å²) in [6, 6.07) is 17.4. The summed E-state index contributed by atoms with van der Waals surface area (Å²) in [5.41, 5.74) is 2.56. The summed E-state index contributed by atoms with van der Waals surface area (Å²) in [7, 11) is 3.27. The quantitative estimate of drug-likeness (QED) is 0.447. The van der Waals surface area contributed by atoms with Gasteiger partial charge in [0.05, 0.1) is 37.2 Å². The third-order valence-electron chi connectivity index (χ3n) is 6.09. The summed E-state index contributed by atoms with van der Waals surface area (Å²) in [6.45, 7) is 3.36. The second kappa shape index (κ2) is 10.5. The first-order valence-corrected chi connectivity index (χ1v) is 11.3. The lowest BCUT2D eigenvalue weighted by Gasteiger charge is -2.31. The fourth-order valence-electron chi connectivity index (χ4n) is 3.95. The van der Waals surface area contributed by atoms with Gasteiger partial charge in [-0.3, -0.25) is 4.79 Å². The Morgan fingerprint density at radius 3 is 2.39 bits per heavy atom. The molecule has 1 amide bonds. The van der Waals surface area contributed by atoms with Crippen molar-refractivity contribution in [1.82, 2.24) is 14.7 Å². The van der Waals surface area contributed by atoms with E-state index >= 15 is 0 Å². The molecular formula is C26H31N3O4. The fraction of sp³-hybridized carbons (Fsp3) is 0.385. The van der Waals surface area contributed by atoms with Crippen molar-refractivity contribution in [2.24, 2.45) is 5.92 Å². The van der Waals surface area contributed by atoms with E-state index in [0.29, 0.717) is 37.1 Å². The van der Waals surface area contributed by atoms with Gasteiger partial charge in [0.1, 0.15) is 0 Å². The number of aryl methyl sites for hydroxylation is 1. The maximum atomic E-state index is 13.2. The van der Waals surface area contributed by atoms with E-state index in [-0.39, 0.29) is 11.8 Å². The Balaban J connectivity index is 1.74. The molecule has 7 heteroatoms. The molecule has 0 saturated heterocycles. The summed E-state index contributed by atoms with van der Waals surface area (Å²) in [5, 5.41) is 4.79. The van der Waals surface area contributed by atoms with Gasteiger partial charge in [0.2, 0.25) is 11.8 Å². The highest BCUT2D eigenvalue weighted by molar-refractivity contribution is 5.79. The lowest BCUT2D eigenvalue weighted by Crippen LogP contribution is -2.40. The van der Waals surface area contributed by atoms with Crippen molar-refractivity contribution < 1.29 is 19.0 Å². The molecule has 7 nitrogen and oxygen atoms in total. The van der Waals surface area contributed by atoms with Crippen LogP contribution in [-0.2, 0) is 16.1 Å². The fourth-order valence-corrected chi connectivity index (χ4v) is 3.95. The van der Waals surface area contributed by atoms with Crippen molar-refractivity contribution in [2.75, 3.05) is 27.4 Å². The number of carbonyl (C=O) groups excluding carboxylic acids is 1. The SMILES string of the molecule is COCCN(Cc1c(C)nn(-c2ccccc2)c1Oc1ccccc1OC)C(=O)C1CCC1. The van der Waals surface area contributed by atoms with Crippen LogP contribution in [-0.4, -0.2) is 48.0 Å². The number of rotatable bonds is 10. The van der Waals surface area contributed by atoms with Crippen LogP contribution >= 0.6 is 0 Å². The smallest absolute Gasteiger partial charge is 0.228 e. The zero-order valence-corrected chi connectivity index (χ0v) is 19.5. The van der Waals surface area contributed by atoms with Crippen LogP contribution in [0.2, 0.25) is 0 Å². The summed E-state index contributed by atoms with van der Waals surface area (Å²) < 4.78 is 19.0. The Bertz CT molecular complexity index is 1080. The van der Waals surface area contributed by atoms with Crippen molar-refractivity contribution in [3.63, 3.8) is 0 Å². The van der Waals surface area contributed by atoms with Crippen LogP contribution in [0.5, 0.6) is 17.4 Å². The first-order valence-electron chi connectivity index (χ1n) is 11.3. The normalized spacial score (nSPS) is 13.4. The van der Waals surface area contributed by atoms with E-state index in [2.05, 4.69) is 0 Å². The van der Waals surface area contributed by atoms with E-state index < -0.39 is 0 Å². The molecule has 33 heavy (non-hydrogen) atoms. The van der Waals surface area contributed by atoms with E-state index in [0.717, 1.165) is 36.2 Å². The van der Waals surface area contributed by atoms with Crippen molar-refractivity contribution in [3.05, 3.63) is 65.9 Å². The molecule has 3 aromatic rings. The van der Waals surface area contributed by atoms with Gasteiger partial charge in [-0.05, 0) is 44.0 Å². The second-order valence-corrected chi connectivity index (χ2v) is 8.25. The molecule has 1 fully saturated rings. The molecule has 1 aliphatic rings. The standard InChI is InChI=1S/C26H31N3O4/c1-19-22(18-28(16-17-31-2)25(30)20-10-9-11-20)26(29(27-19)21-12-5-4-6-13-21)33-24-15-8-7-14-23(24)32-3/h4-8,12-15,20H,9-11,16-18H2,1-3H3. The lowest BCUT2D eigenvalue weighted by atomic mass is 9.84. The average molecular weight is 450 g/mol. The van der Waals surface area contributed by atoms with Crippen LogP contribution in [0.3, 0.4) is 0 Å². The number of carbonyl (C=O) groups is 1. The molecule has 1 aliphatic carbocycles. The number of nitrogens with zero attached hydrogens (tertiary/aromatic N) is 3. The second-order valence-electron chi connectivity index (χ2n) is 8.25. The third-order valence-corrected chi connectivity index (χ3v) is 6.09. The minimum atomic E-state index is 0.102. The van der Waals surface area contributed by atoms with Crippen molar-refractivity contribution >= 4 is 5.91 Å². The van der Waals surface area contributed by atoms with Crippen LogP contribution in [0.4, 0.5) is 0 Å². The van der Waals surface area contributed by atoms with Crippen LogP contribution in [0.1, 0.15) is 30.5 Å². The highest BCUT2D eigenvalue weighted by Crippen LogP contribution is 2.36. The molecule has 1 heterocycles. The predicted molar refractivity (Wildman–Crippen MR) is 126 cm³/mol. The first-order chi connectivity index (χ1) is 16.1. The molecule has 0 spiro atoms. The van der Waals surface area contributed by atoms with Crippen LogP contribution in [0.25, 0.3) is 5.69 Å². The molecule has 2 aromatic carbocycles. The minimum absolute atomic E-state index is 0.102. The highest BCUT2D eigenvalue weighted by atomic mass is 16.5. The molecule has 0 unspecified atom stereocenters. The molecule has 0 aliphatic heterocycles. The van der Waals surface area contributed by atoms with Crippen molar-refractivity contribution in [2.45, 2.75) is 32.7 Å². The van der Waals surface area contributed by atoms with Gasteiger partial charge in [0.15, 0.2) is 11.5 Å². The molecule has 174 valence electrons. The van der Waals surface area contributed by atoms with Gasteiger partial charge >= 0.3 is 0 Å². The zero-order valence-electron chi connectivity index (χ0n) is 19.5. The molecule has 1 saturated carbocycles. The Hall–Kier alpha value is -3.32. The molecule has 1 aromatic heterocycles. The van der Waals surface area contributed by atoms with Crippen molar-refractivity contribution in [1.29, 1.82) is 0 Å². The highest BCUT2D eigenvalue weighted by Gasteiger charge is 2.31. The number of hydrogen-bond acceptors (Lipinski definition) is 5. The topological polar surface area (TPSA) is 65.8 Å². The molecular weight excluding hydrogens is 418 g/mol. The van der Waals surface area contributed by atoms with Gasteiger partial charge in [0, 0.05) is 19.6 Å². The molecule has 0 bridgehead atoms. The molecule has 0 atom stereocenters. The number of ether oxygens (including phenoxy) is 3. The number of para-hydroxylation sites is 3. The third kappa shape index (κ3) is 5.03. The average Bonchev–Trinajstić information content (AvgIpc) is 3.11. The van der Waals surface area contributed by atoms with Gasteiger partial charge < -0.3 is 19.1 Å². The Kier molecular flexibility index (Phi) is 7.29. The van der Waals surface area contributed by atoms with Gasteiger partial charge in [-0.1, -0.05) is 36.8 Å². The zero-order chi connectivity index (χ0) is 23.2. The van der Waals surface area contributed by atoms with Crippen LogP contribution in [0, 0.1) is 12.8 Å². The van der Waals surface area contributed by atoms with E-state index in [1.807, 2.05) is 66.4 Å². The van der Waals surface area contributed by atoms with E-state index in [1.54, 1.807) is 18.9 Å². The van der Waals surface area contributed by atoms with Crippen molar-refractivity contribution in [3.8, 4) is 23.1 Å².